The van der Waals surface area contributed by atoms with Crippen LogP contribution in [0.5, 0.6) is 5.75 Å². The molecule has 0 aliphatic carbocycles. The minimum atomic E-state index is -0.745. The summed E-state index contributed by atoms with van der Waals surface area (Å²) >= 11 is 0. The summed E-state index contributed by atoms with van der Waals surface area (Å²) in [4.78, 5) is 21.1. The summed E-state index contributed by atoms with van der Waals surface area (Å²) in [6.07, 6.45) is 0.222. The Morgan fingerprint density at radius 1 is 1.07 bits per heavy atom. The van der Waals surface area contributed by atoms with E-state index in [0.717, 1.165) is 22.6 Å². The molecule has 3 rings (SSSR count). The second-order valence-corrected chi connectivity index (χ2v) is 5.90. The number of methoxy groups -OCH3 is 1. The van der Waals surface area contributed by atoms with Gasteiger partial charge >= 0.3 is 5.97 Å². The lowest BCUT2D eigenvalue weighted by Crippen LogP contribution is -2.18. The van der Waals surface area contributed by atoms with Gasteiger partial charge in [0.05, 0.1) is 19.3 Å². The lowest BCUT2D eigenvalue weighted by Gasteiger charge is -2.06. The molecule has 2 aromatic carbocycles. The molecule has 0 radical (unpaired) electrons. The lowest BCUT2D eigenvalue weighted by atomic mass is 10.1. The van der Waals surface area contributed by atoms with Crippen LogP contribution < -0.4 is 10.5 Å². The third-order valence-corrected chi connectivity index (χ3v) is 3.90. The van der Waals surface area contributed by atoms with Gasteiger partial charge in [0.2, 0.25) is 0 Å². The number of rotatable bonds is 6. The van der Waals surface area contributed by atoms with E-state index in [1.54, 1.807) is 24.8 Å². The van der Waals surface area contributed by atoms with Crippen molar-refractivity contribution in [2.24, 2.45) is 5.73 Å². The fourth-order valence-corrected chi connectivity index (χ4v) is 2.39. The fraction of sp³-hybridized carbons (Fsp3) is 0.261. The average molecular weight is 412 g/mol. The number of aliphatic carboxylic acids is 1. The van der Waals surface area contributed by atoms with E-state index in [-0.39, 0.29) is 6.42 Å². The monoisotopic (exact) mass is 411 g/mol. The smallest absolute Gasteiger partial charge is 0.303 e. The van der Waals surface area contributed by atoms with Gasteiger partial charge in [-0.25, -0.2) is 0 Å². The topological polar surface area (TPSA) is 107 Å². The van der Waals surface area contributed by atoms with Gasteiger partial charge < -0.3 is 15.6 Å². The van der Waals surface area contributed by atoms with Crippen LogP contribution in [0, 0.1) is 0 Å². The molecule has 0 saturated carbocycles. The molecule has 0 spiro atoms. The number of benzene rings is 2. The fourth-order valence-electron chi connectivity index (χ4n) is 2.39. The molecule has 0 saturated heterocycles. The summed E-state index contributed by atoms with van der Waals surface area (Å²) < 4.78 is 6.78. The highest BCUT2D eigenvalue weighted by atomic mass is 16.5. The quantitative estimate of drug-likeness (QED) is 0.632. The van der Waals surface area contributed by atoms with Crippen LogP contribution in [0.2, 0.25) is 0 Å². The summed E-state index contributed by atoms with van der Waals surface area (Å²) in [6.45, 7) is 6.07. The predicted molar refractivity (Wildman–Crippen MR) is 118 cm³/mol. The van der Waals surface area contributed by atoms with Crippen molar-refractivity contribution >= 4 is 11.9 Å². The van der Waals surface area contributed by atoms with Gasteiger partial charge in [0, 0.05) is 12.0 Å². The van der Waals surface area contributed by atoms with Gasteiger partial charge in [0.15, 0.2) is 0 Å². The van der Waals surface area contributed by atoms with Crippen molar-refractivity contribution in [1.82, 2.24) is 9.78 Å². The molecule has 0 atom stereocenters. The third kappa shape index (κ3) is 7.43. The Balaban J connectivity index is 0.000000565. The number of nitrogens with zero attached hydrogens (tertiary/aromatic N) is 2. The molecule has 160 valence electrons. The molecule has 1 amide bonds. The molecule has 0 aliphatic heterocycles. The Hall–Kier alpha value is -3.61. The molecule has 0 aliphatic rings. The number of aromatic nitrogens is 2. The minimum Gasteiger partial charge on any atom is -0.497 e. The molecule has 0 bridgehead atoms. The number of hydrogen-bond acceptors (Lipinski definition) is 4. The zero-order valence-corrected chi connectivity index (χ0v) is 17.8. The van der Waals surface area contributed by atoms with Gasteiger partial charge in [0.1, 0.15) is 11.4 Å². The van der Waals surface area contributed by atoms with Crippen LogP contribution in [0.1, 0.15) is 43.2 Å². The Labute approximate surface area is 177 Å². The molecule has 3 N–H and O–H groups in total. The van der Waals surface area contributed by atoms with Crippen molar-refractivity contribution < 1.29 is 19.4 Å². The number of carbonyl (C=O) groups is 2. The maximum absolute atomic E-state index is 11.7. The Morgan fingerprint density at radius 2 is 1.63 bits per heavy atom. The van der Waals surface area contributed by atoms with Crippen LogP contribution >= 0.6 is 0 Å². The number of carboxylic acids is 1. The SMILES string of the molecule is CC.CCC(=O)O.COc1ccc(Cn2nc(-c3ccccc3)cc2C(N)=O)cc1. The Kier molecular flexibility index (Phi) is 10.4. The first-order valence-electron chi connectivity index (χ1n) is 9.72. The van der Waals surface area contributed by atoms with E-state index in [4.69, 9.17) is 15.6 Å². The van der Waals surface area contributed by atoms with Gasteiger partial charge in [-0.3, -0.25) is 14.3 Å². The van der Waals surface area contributed by atoms with Crippen molar-refractivity contribution in [2.45, 2.75) is 33.7 Å². The molecule has 1 heterocycles. The molecule has 3 aromatic rings. The van der Waals surface area contributed by atoms with Crippen molar-refractivity contribution in [1.29, 1.82) is 0 Å². The predicted octanol–water partition coefficient (Wildman–Crippen LogP) is 4.21. The van der Waals surface area contributed by atoms with E-state index in [9.17, 15) is 9.59 Å². The second kappa shape index (κ2) is 12.8. The summed E-state index contributed by atoms with van der Waals surface area (Å²) in [5.74, 6) is -0.451. The zero-order valence-electron chi connectivity index (χ0n) is 17.8. The van der Waals surface area contributed by atoms with E-state index >= 15 is 0 Å². The number of nitrogens with two attached hydrogens (primary N) is 1. The molecular formula is C23H29N3O4. The van der Waals surface area contributed by atoms with E-state index in [1.807, 2.05) is 68.4 Å². The summed E-state index contributed by atoms with van der Waals surface area (Å²) in [5, 5.41) is 12.2. The van der Waals surface area contributed by atoms with Crippen molar-refractivity contribution in [3.8, 4) is 17.0 Å². The average Bonchev–Trinajstić information content (AvgIpc) is 3.21. The molecule has 7 heteroatoms. The van der Waals surface area contributed by atoms with Gasteiger partial charge in [-0.2, -0.15) is 5.10 Å². The van der Waals surface area contributed by atoms with Crippen molar-refractivity contribution in [3.63, 3.8) is 0 Å². The van der Waals surface area contributed by atoms with Gasteiger partial charge in [-0.15, -0.1) is 0 Å². The van der Waals surface area contributed by atoms with E-state index < -0.39 is 11.9 Å². The molecule has 1 aromatic heterocycles. The van der Waals surface area contributed by atoms with Crippen molar-refractivity contribution in [3.05, 3.63) is 71.9 Å². The van der Waals surface area contributed by atoms with Gasteiger partial charge in [0.25, 0.3) is 5.91 Å². The highest BCUT2D eigenvalue weighted by Crippen LogP contribution is 2.20. The number of carboxylic acid groups (broad SMARTS) is 1. The molecule has 0 unspecified atom stereocenters. The van der Waals surface area contributed by atoms with Gasteiger partial charge in [-0.1, -0.05) is 63.2 Å². The molecule has 0 fully saturated rings. The van der Waals surface area contributed by atoms with Crippen LogP contribution in [0.3, 0.4) is 0 Å². The van der Waals surface area contributed by atoms with Gasteiger partial charge in [-0.05, 0) is 23.8 Å². The molecule has 7 nitrogen and oxygen atoms in total. The summed E-state index contributed by atoms with van der Waals surface area (Å²) in [6, 6.07) is 19.1. The Morgan fingerprint density at radius 3 is 2.10 bits per heavy atom. The molecule has 30 heavy (non-hydrogen) atoms. The van der Waals surface area contributed by atoms with Crippen LogP contribution in [0.4, 0.5) is 0 Å². The second-order valence-electron chi connectivity index (χ2n) is 5.90. The highest BCUT2D eigenvalue weighted by molar-refractivity contribution is 5.92. The number of carbonyl (C=O) groups excluding carboxylic acids is 1. The zero-order chi connectivity index (χ0) is 22.5. The summed E-state index contributed by atoms with van der Waals surface area (Å²) in [5.41, 5.74) is 8.56. The standard InChI is InChI=1S/C18H17N3O2.C3H6O2.C2H6/c1-23-15-9-7-13(8-10-15)12-21-17(18(19)22)11-16(20-21)14-5-3-2-4-6-14;1-2-3(4)5;1-2/h2-11H,12H2,1H3,(H2,19,22);2H2,1H3,(H,4,5);1-2H3. The van der Waals surface area contributed by atoms with Crippen molar-refractivity contribution in [2.75, 3.05) is 7.11 Å². The lowest BCUT2D eigenvalue weighted by molar-refractivity contribution is -0.136. The summed E-state index contributed by atoms with van der Waals surface area (Å²) in [7, 11) is 1.62. The number of primary amides is 1. The Bertz CT molecular complexity index is 919. The first-order valence-corrected chi connectivity index (χ1v) is 9.72. The maximum Gasteiger partial charge on any atom is 0.303 e. The van der Waals surface area contributed by atoms with Crippen LogP contribution in [-0.4, -0.2) is 33.9 Å². The molecular weight excluding hydrogens is 382 g/mol. The normalized spacial score (nSPS) is 9.47. The third-order valence-electron chi connectivity index (χ3n) is 3.90. The largest absolute Gasteiger partial charge is 0.497 e. The number of amides is 1. The van der Waals surface area contributed by atoms with E-state index in [0.29, 0.717) is 12.2 Å². The minimum absolute atomic E-state index is 0.222. The first kappa shape index (κ1) is 24.4. The number of ether oxygens (including phenoxy) is 1. The van der Waals surface area contributed by atoms with Crippen LogP contribution in [0.25, 0.3) is 11.3 Å². The maximum atomic E-state index is 11.7. The number of hydrogen-bond donors (Lipinski definition) is 2. The first-order chi connectivity index (χ1) is 14.4. The van der Waals surface area contributed by atoms with E-state index in [2.05, 4.69) is 5.10 Å². The van der Waals surface area contributed by atoms with Crippen LogP contribution in [0.15, 0.2) is 60.7 Å². The van der Waals surface area contributed by atoms with Crippen LogP contribution in [-0.2, 0) is 11.3 Å². The van der Waals surface area contributed by atoms with E-state index in [1.165, 1.54) is 0 Å². The highest BCUT2D eigenvalue weighted by Gasteiger charge is 2.14.